The Morgan fingerprint density at radius 3 is 2.76 bits per heavy atom. The summed E-state index contributed by atoms with van der Waals surface area (Å²) in [6.07, 6.45) is 1.89. The second-order valence-corrected chi connectivity index (χ2v) is 7.15. The molecule has 1 fully saturated rings. The van der Waals surface area contributed by atoms with Gasteiger partial charge in [0.15, 0.2) is 5.58 Å². The van der Waals surface area contributed by atoms with Crippen LogP contribution >= 0.6 is 0 Å². The van der Waals surface area contributed by atoms with E-state index < -0.39 is 11.5 Å². The number of fused-ring (bicyclic) bond motifs is 2. The van der Waals surface area contributed by atoms with E-state index in [-0.39, 0.29) is 11.6 Å². The lowest BCUT2D eigenvalue weighted by Gasteiger charge is -2.22. The van der Waals surface area contributed by atoms with E-state index in [1.807, 2.05) is 30.3 Å². The highest BCUT2D eigenvalue weighted by Crippen LogP contribution is 2.28. The van der Waals surface area contributed by atoms with Gasteiger partial charge in [-0.1, -0.05) is 30.3 Å². The lowest BCUT2D eigenvalue weighted by atomic mass is 10.1. The Morgan fingerprint density at radius 1 is 1.10 bits per heavy atom. The molecule has 3 heterocycles. The second kappa shape index (κ2) is 7.09. The van der Waals surface area contributed by atoms with Crippen molar-refractivity contribution in [3.8, 4) is 0 Å². The lowest BCUT2D eigenvalue weighted by Crippen LogP contribution is -2.41. The average Bonchev–Trinajstić information content (AvgIpc) is 3.37. The molecule has 2 aromatic carbocycles. The number of carbonyl (C=O) groups is 1. The van der Waals surface area contributed by atoms with Crippen molar-refractivity contribution in [3.63, 3.8) is 0 Å². The molecular formula is C22H19N3O4. The van der Waals surface area contributed by atoms with Gasteiger partial charge in [0.1, 0.15) is 16.7 Å². The first-order valence-corrected chi connectivity index (χ1v) is 9.62. The smallest absolute Gasteiger partial charge is 0.349 e. The van der Waals surface area contributed by atoms with Crippen molar-refractivity contribution in [2.24, 2.45) is 0 Å². The maximum absolute atomic E-state index is 12.6. The van der Waals surface area contributed by atoms with Crippen molar-refractivity contribution in [2.45, 2.75) is 18.9 Å². The van der Waals surface area contributed by atoms with E-state index >= 15 is 0 Å². The Morgan fingerprint density at radius 2 is 1.90 bits per heavy atom. The van der Waals surface area contributed by atoms with Crippen molar-refractivity contribution >= 4 is 34.0 Å². The number of oxazole rings is 1. The van der Waals surface area contributed by atoms with Crippen LogP contribution in [0.4, 0.5) is 6.01 Å². The van der Waals surface area contributed by atoms with Crippen LogP contribution in [0.25, 0.3) is 22.1 Å². The van der Waals surface area contributed by atoms with Crippen LogP contribution in [-0.2, 0) is 0 Å². The summed E-state index contributed by atoms with van der Waals surface area (Å²) < 4.78 is 11.1. The van der Waals surface area contributed by atoms with Crippen LogP contribution in [0.5, 0.6) is 0 Å². The normalized spacial score (nSPS) is 16.6. The number of carbonyl (C=O) groups excluding carboxylic acids is 1. The number of rotatable bonds is 4. The highest BCUT2D eigenvalue weighted by atomic mass is 16.4. The van der Waals surface area contributed by atoms with Crippen LogP contribution in [0.15, 0.2) is 68.2 Å². The number of anilines is 1. The molecule has 0 unspecified atom stereocenters. The third-order valence-corrected chi connectivity index (χ3v) is 5.29. The molecule has 1 aliphatic heterocycles. The molecule has 0 radical (unpaired) electrons. The van der Waals surface area contributed by atoms with Gasteiger partial charge in [0.25, 0.3) is 11.9 Å². The van der Waals surface area contributed by atoms with Gasteiger partial charge < -0.3 is 19.1 Å². The van der Waals surface area contributed by atoms with Crippen molar-refractivity contribution in [3.05, 3.63) is 70.6 Å². The summed E-state index contributed by atoms with van der Waals surface area (Å²) >= 11 is 0. The fraction of sp³-hybridized carbons (Fsp3) is 0.227. The molecule has 7 nitrogen and oxygen atoms in total. The summed E-state index contributed by atoms with van der Waals surface area (Å²) in [6.45, 7) is 1.20. The number of amides is 1. The molecular weight excluding hydrogens is 370 g/mol. The number of hydrogen-bond acceptors (Lipinski definition) is 6. The average molecular weight is 389 g/mol. The largest absolute Gasteiger partial charge is 0.423 e. The lowest BCUT2D eigenvalue weighted by molar-refractivity contribution is 0.0947. The van der Waals surface area contributed by atoms with Crippen LogP contribution in [-0.4, -0.2) is 30.0 Å². The fourth-order valence-electron chi connectivity index (χ4n) is 3.81. The van der Waals surface area contributed by atoms with E-state index in [9.17, 15) is 9.59 Å². The van der Waals surface area contributed by atoms with E-state index in [1.165, 1.54) is 0 Å². The standard InChI is InChI=1S/C22H19N3O4/c26-20(16-12-14-6-1-3-9-18(14)28-21(16)27)23-13-15-7-5-11-25(15)22-24-17-8-2-4-10-19(17)29-22/h1-4,6,8-10,12,15H,5,7,11,13H2,(H,23,26)/t15-/m0/s1. The third-order valence-electron chi connectivity index (χ3n) is 5.29. The molecule has 1 amide bonds. The minimum Gasteiger partial charge on any atom is -0.423 e. The summed E-state index contributed by atoms with van der Waals surface area (Å²) in [7, 11) is 0. The molecule has 1 aliphatic rings. The molecule has 1 saturated heterocycles. The maximum atomic E-state index is 12.6. The van der Waals surface area contributed by atoms with Gasteiger partial charge in [-0.05, 0) is 37.1 Å². The van der Waals surface area contributed by atoms with E-state index in [4.69, 9.17) is 8.83 Å². The summed E-state index contributed by atoms with van der Waals surface area (Å²) in [5, 5.41) is 3.58. The first-order valence-electron chi connectivity index (χ1n) is 9.62. The zero-order valence-corrected chi connectivity index (χ0v) is 15.6. The Bertz CT molecular complexity index is 1230. The Hall–Kier alpha value is -3.61. The summed E-state index contributed by atoms with van der Waals surface area (Å²) in [5.74, 6) is -0.436. The predicted molar refractivity (Wildman–Crippen MR) is 109 cm³/mol. The molecule has 1 N–H and O–H groups in total. The molecule has 29 heavy (non-hydrogen) atoms. The summed E-state index contributed by atoms with van der Waals surface area (Å²) in [6, 6.07) is 16.9. The second-order valence-electron chi connectivity index (χ2n) is 7.15. The zero-order valence-electron chi connectivity index (χ0n) is 15.6. The fourth-order valence-corrected chi connectivity index (χ4v) is 3.81. The number of hydrogen-bond donors (Lipinski definition) is 1. The molecule has 0 spiro atoms. The molecule has 4 aromatic rings. The summed E-state index contributed by atoms with van der Waals surface area (Å²) in [4.78, 5) is 31.4. The molecule has 5 rings (SSSR count). The Labute approximate surface area is 165 Å². The van der Waals surface area contributed by atoms with Gasteiger partial charge >= 0.3 is 5.63 Å². The van der Waals surface area contributed by atoms with Gasteiger partial charge in [0, 0.05) is 18.5 Å². The minimum atomic E-state index is -0.636. The van der Waals surface area contributed by atoms with Gasteiger partial charge in [-0.15, -0.1) is 0 Å². The van der Waals surface area contributed by atoms with Gasteiger partial charge in [0.2, 0.25) is 0 Å². The molecule has 0 bridgehead atoms. The molecule has 2 aromatic heterocycles. The Kier molecular flexibility index (Phi) is 4.27. The van der Waals surface area contributed by atoms with E-state index in [2.05, 4.69) is 15.2 Å². The molecule has 0 saturated carbocycles. The van der Waals surface area contributed by atoms with Gasteiger partial charge in [-0.3, -0.25) is 4.79 Å². The van der Waals surface area contributed by atoms with E-state index in [1.54, 1.807) is 24.3 Å². The monoisotopic (exact) mass is 389 g/mol. The third kappa shape index (κ3) is 3.24. The molecule has 7 heteroatoms. The first-order chi connectivity index (χ1) is 14.2. The van der Waals surface area contributed by atoms with Crippen molar-refractivity contribution in [1.29, 1.82) is 0 Å². The summed E-state index contributed by atoms with van der Waals surface area (Å²) in [5.41, 5.74) is 1.39. The van der Waals surface area contributed by atoms with Crippen molar-refractivity contribution in [2.75, 3.05) is 18.0 Å². The van der Waals surface area contributed by atoms with Gasteiger partial charge in [-0.25, -0.2) is 4.79 Å². The van der Waals surface area contributed by atoms with Crippen molar-refractivity contribution < 1.29 is 13.6 Å². The number of benzene rings is 2. The predicted octanol–water partition coefficient (Wildman–Crippen LogP) is 3.33. The SMILES string of the molecule is O=C(NC[C@@H]1CCCN1c1nc2ccccc2o1)c1cc2ccccc2oc1=O. The highest BCUT2D eigenvalue weighted by molar-refractivity contribution is 5.96. The molecule has 1 atom stereocenters. The topological polar surface area (TPSA) is 88.6 Å². The number of nitrogens with zero attached hydrogens (tertiary/aromatic N) is 2. The van der Waals surface area contributed by atoms with E-state index in [0.29, 0.717) is 23.5 Å². The molecule has 0 aliphatic carbocycles. The van der Waals surface area contributed by atoms with Crippen LogP contribution in [0, 0.1) is 0 Å². The zero-order chi connectivity index (χ0) is 19.8. The number of aromatic nitrogens is 1. The van der Waals surface area contributed by atoms with Gasteiger partial charge in [-0.2, -0.15) is 4.98 Å². The van der Waals surface area contributed by atoms with Gasteiger partial charge in [0.05, 0.1) is 6.04 Å². The highest BCUT2D eigenvalue weighted by Gasteiger charge is 2.29. The van der Waals surface area contributed by atoms with Crippen LogP contribution in [0.3, 0.4) is 0 Å². The van der Waals surface area contributed by atoms with Crippen LogP contribution in [0.1, 0.15) is 23.2 Å². The Balaban J connectivity index is 1.33. The minimum absolute atomic E-state index is 0.00936. The maximum Gasteiger partial charge on any atom is 0.349 e. The quantitative estimate of drug-likeness (QED) is 0.539. The van der Waals surface area contributed by atoms with E-state index in [0.717, 1.165) is 30.5 Å². The number of nitrogens with one attached hydrogen (secondary N) is 1. The van der Waals surface area contributed by atoms with Crippen LogP contribution < -0.4 is 15.8 Å². The van der Waals surface area contributed by atoms with Crippen LogP contribution in [0.2, 0.25) is 0 Å². The number of para-hydroxylation sites is 3. The molecule has 146 valence electrons. The van der Waals surface area contributed by atoms with Crippen molar-refractivity contribution in [1.82, 2.24) is 10.3 Å². The first kappa shape index (κ1) is 17.5.